The number of nitrogens with zero attached hydrogens (tertiary/aromatic N) is 3. The van der Waals surface area contributed by atoms with Gasteiger partial charge < -0.3 is 10.0 Å². The molecular weight excluding hydrogens is 286 g/mol. The molecule has 0 aliphatic carbocycles. The Morgan fingerprint density at radius 1 is 1.36 bits per heavy atom. The number of pyridine rings is 1. The van der Waals surface area contributed by atoms with Gasteiger partial charge in [-0.2, -0.15) is 0 Å². The van der Waals surface area contributed by atoms with E-state index in [0.29, 0.717) is 13.1 Å². The Hall–Kier alpha value is -2.96. The first-order valence-electron chi connectivity index (χ1n) is 6.69. The minimum atomic E-state index is -0.626. The molecule has 1 heterocycles. The van der Waals surface area contributed by atoms with E-state index in [9.17, 15) is 20.0 Å². The number of nitro groups is 1. The largest absolute Gasteiger partial charge is 0.507 e. The number of non-ortho nitro benzene ring substituents is 1. The van der Waals surface area contributed by atoms with E-state index in [1.807, 2.05) is 13.0 Å². The maximum atomic E-state index is 12.5. The Labute approximate surface area is 127 Å². The second kappa shape index (κ2) is 6.66. The summed E-state index contributed by atoms with van der Waals surface area (Å²) in [6.07, 6.45) is 1.64. The molecular formula is C15H15N3O4. The molecule has 7 nitrogen and oxygen atoms in total. The van der Waals surface area contributed by atoms with Crippen LogP contribution in [0.25, 0.3) is 0 Å². The van der Waals surface area contributed by atoms with Gasteiger partial charge in [-0.15, -0.1) is 0 Å². The van der Waals surface area contributed by atoms with Crippen LogP contribution in [0.15, 0.2) is 42.6 Å². The predicted molar refractivity (Wildman–Crippen MR) is 79.4 cm³/mol. The van der Waals surface area contributed by atoms with Gasteiger partial charge in [-0.1, -0.05) is 6.07 Å². The fourth-order valence-electron chi connectivity index (χ4n) is 2.00. The maximum Gasteiger partial charge on any atom is 0.273 e. The van der Waals surface area contributed by atoms with Gasteiger partial charge >= 0.3 is 0 Å². The van der Waals surface area contributed by atoms with E-state index in [1.54, 1.807) is 18.3 Å². The number of phenolic OH excluding ortho intramolecular Hbond substituents is 1. The summed E-state index contributed by atoms with van der Waals surface area (Å²) in [6.45, 7) is 2.53. The first-order valence-corrected chi connectivity index (χ1v) is 6.69. The third-order valence-electron chi connectivity index (χ3n) is 3.17. The van der Waals surface area contributed by atoms with Crippen LogP contribution in [-0.2, 0) is 6.54 Å². The highest BCUT2D eigenvalue weighted by atomic mass is 16.6. The highest BCUT2D eigenvalue weighted by Gasteiger charge is 2.20. The smallest absolute Gasteiger partial charge is 0.273 e. The van der Waals surface area contributed by atoms with Crippen LogP contribution in [0.1, 0.15) is 23.0 Å². The van der Waals surface area contributed by atoms with Crippen LogP contribution < -0.4 is 0 Å². The molecule has 7 heteroatoms. The number of aromatic hydroxyl groups is 1. The number of rotatable bonds is 5. The monoisotopic (exact) mass is 301 g/mol. The van der Waals surface area contributed by atoms with Gasteiger partial charge in [-0.3, -0.25) is 19.9 Å². The van der Waals surface area contributed by atoms with Crippen LogP contribution in [0.5, 0.6) is 5.75 Å². The molecule has 0 spiro atoms. The molecule has 1 amide bonds. The van der Waals surface area contributed by atoms with Gasteiger partial charge in [-0.25, -0.2) is 0 Å². The van der Waals surface area contributed by atoms with Gasteiger partial charge in [0.25, 0.3) is 11.6 Å². The van der Waals surface area contributed by atoms with Crippen molar-refractivity contribution in [3.8, 4) is 5.75 Å². The lowest BCUT2D eigenvalue weighted by Gasteiger charge is -2.20. The quantitative estimate of drug-likeness (QED) is 0.675. The molecule has 0 aliphatic heterocycles. The van der Waals surface area contributed by atoms with Crippen LogP contribution in [0, 0.1) is 10.1 Å². The summed E-state index contributed by atoms with van der Waals surface area (Å²) in [4.78, 5) is 28.1. The molecule has 0 saturated carbocycles. The van der Waals surface area contributed by atoms with Gasteiger partial charge in [0.2, 0.25) is 0 Å². The molecule has 1 aromatic carbocycles. The summed E-state index contributed by atoms with van der Waals surface area (Å²) in [6, 6.07) is 8.83. The van der Waals surface area contributed by atoms with Crippen molar-refractivity contribution in [2.45, 2.75) is 13.5 Å². The van der Waals surface area contributed by atoms with Crippen LogP contribution in [0.4, 0.5) is 5.69 Å². The first-order chi connectivity index (χ1) is 10.5. The lowest BCUT2D eigenvalue weighted by molar-refractivity contribution is -0.384. The standard InChI is InChI=1S/C15H15N3O4/c1-2-17(10-11-5-3-4-8-16-11)15(20)13-7-6-12(18(21)22)9-14(13)19/h3-9,19H,2,10H2,1H3. The van der Waals surface area contributed by atoms with Crippen LogP contribution in [0.3, 0.4) is 0 Å². The van der Waals surface area contributed by atoms with Crippen molar-refractivity contribution in [2.24, 2.45) is 0 Å². The molecule has 0 radical (unpaired) electrons. The topological polar surface area (TPSA) is 96.6 Å². The number of hydrogen-bond donors (Lipinski definition) is 1. The molecule has 0 atom stereocenters. The third kappa shape index (κ3) is 3.38. The Bertz CT molecular complexity index is 688. The highest BCUT2D eigenvalue weighted by molar-refractivity contribution is 5.97. The lowest BCUT2D eigenvalue weighted by Crippen LogP contribution is -2.30. The van der Waals surface area contributed by atoms with E-state index >= 15 is 0 Å². The Morgan fingerprint density at radius 2 is 2.14 bits per heavy atom. The fourth-order valence-corrected chi connectivity index (χ4v) is 2.00. The second-order valence-electron chi connectivity index (χ2n) is 4.60. The SMILES string of the molecule is CCN(Cc1ccccn1)C(=O)c1ccc([N+](=O)[O-])cc1O. The number of amides is 1. The number of carbonyl (C=O) groups is 1. The molecule has 1 aromatic heterocycles. The minimum absolute atomic E-state index is 0.0309. The van der Waals surface area contributed by atoms with Crippen molar-refractivity contribution in [3.05, 3.63) is 64.0 Å². The van der Waals surface area contributed by atoms with E-state index in [-0.39, 0.29) is 11.3 Å². The summed E-state index contributed by atoms with van der Waals surface area (Å²) < 4.78 is 0. The summed E-state index contributed by atoms with van der Waals surface area (Å²) in [5.74, 6) is -0.806. The predicted octanol–water partition coefficient (Wildman–Crippen LogP) is 2.36. The van der Waals surface area contributed by atoms with Crippen LogP contribution in [-0.4, -0.2) is 32.4 Å². The van der Waals surface area contributed by atoms with Gasteiger partial charge in [0, 0.05) is 18.8 Å². The molecule has 1 N–H and O–H groups in total. The number of benzene rings is 1. The van der Waals surface area contributed by atoms with E-state index < -0.39 is 16.6 Å². The van der Waals surface area contributed by atoms with E-state index in [4.69, 9.17) is 0 Å². The average Bonchev–Trinajstić information content (AvgIpc) is 2.52. The average molecular weight is 301 g/mol. The third-order valence-corrected chi connectivity index (χ3v) is 3.17. The molecule has 114 valence electrons. The van der Waals surface area contributed by atoms with Gasteiger partial charge in [0.05, 0.1) is 28.8 Å². The summed E-state index contributed by atoms with van der Waals surface area (Å²) in [7, 11) is 0. The number of aromatic nitrogens is 1. The Kier molecular flexibility index (Phi) is 4.67. The van der Waals surface area contributed by atoms with Gasteiger partial charge in [0.1, 0.15) is 5.75 Å². The number of hydrogen-bond acceptors (Lipinski definition) is 5. The van der Waals surface area contributed by atoms with Crippen molar-refractivity contribution in [1.29, 1.82) is 0 Å². The van der Waals surface area contributed by atoms with Crippen LogP contribution in [0.2, 0.25) is 0 Å². The zero-order chi connectivity index (χ0) is 16.1. The van der Waals surface area contributed by atoms with E-state index in [2.05, 4.69) is 4.98 Å². The van der Waals surface area contributed by atoms with Gasteiger partial charge in [-0.05, 0) is 25.1 Å². The fraction of sp³-hybridized carbons (Fsp3) is 0.200. The molecule has 2 aromatic rings. The number of nitro benzene ring substituents is 1. The first kappa shape index (κ1) is 15.4. The van der Waals surface area contributed by atoms with Crippen molar-refractivity contribution < 1.29 is 14.8 Å². The molecule has 22 heavy (non-hydrogen) atoms. The molecule has 0 fully saturated rings. The lowest BCUT2D eigenvalue weighted by atomic mass is 10.1. The number of phenols is 1. The summed E-state index contributed by atoms with van der Waals surface area (Å²) in [5, 5.41) is 20.5. The second-order valence-corrected chi connectivity index (χ2v) is 4.60. The minimum Gasteiger partial charge on any atom is -0.507 e. The van der Waals surface area contributed by atoms with Crippen molar-refractivity contribution >= 4 is 11.6 Å². The Morgan fingerprint density at radius 3 is 2.68 bits per heavy atom. The zero-order valence-electron chi connectivity index (χ0n) is 12.0. The zero-order valence-corrected chi connectivity index (χ0v) is 12.0. The van der Waals surface area contributed by atoms with Crippen molar-refractivity contribution in [2.75, 3.05) is 6.54 Å². The molecule has 0 bridgehead atoms. The summed E-state index contributed by atoms with van der Waals surface area (Å²) >= 11 is 0. The molecule has 0 aliphatic rings. The highest BCUT2D eigenvalue weighted by Crippen LogP contribution is 2.25. The molecule has 0 unspecified atom stereocenters. The van der Waals surface area contributed by atoms with E-state index in [1.165, 1.54) is 17.0 Å². The normalized spacial score (nSPS) is 10.2. The maximum absolute atomic E-state index is 12.5. The van der Waals surface area contributed by atoms with E-state index in [0.717, 1.165) is 11.8 Å². The Balaban J connectivity index is 2.23. The van der Waals surface area contributed by atoms with Gasteiger partial charge in [0.15, 0.2) is 0 Å². The van der Waals surface area contributed by atoms with Crippen molar-refractivity contribution in [1.82, 2.24) is 9.88 Å². The number of carbonyl (C=O) groups excluding carboxylic acids is 1. The van der Waals surface area contributed by atoms with Crippen LogP contribution >= 0.6 is 0 Å². The van der Waals surface area contributed by atoms with Crippen molar-refractivity contribution in [3.63, 3.8) is 0 Å². The molecule has 2 rings (SSSR count). The molecule has 0 saturated heterocycles. The summed E-state index contributed by atoms with van der Waals surface area (Å²) in [5.41, 5.74) is 0.490.